The Morgan fingerprint density at radius 1 is 1.29 bits per heavy atom. The van der Waals surface area contributed by atoms with E-state index in [0.29, 0.717) is 4.90 Å². The number of carboxylic acid groups (broad SMARTS) is 1. The van der Waals surface area contributed by atoms with Gasteiger partial charge in [0.1, 0.15) is 11.9 Å². The van der Waals surface area contributed by atoms with Crippen LogP contribution in [0.2, 0.25) is 0 Å². The number of carboxylic acids is 1. The van der Waals surface area contributed by atoms with Crippen LogP contribution in [0.1, 0.15) is 27.6 Å². The molecular weight excluding hydrogens is 229 g/mol. The van der Waals surface area contributed by atoms with E-state index in [1.807, 2.05) is 0 Å². The van der Waals surface area contributed by atoms with Crippen LogP contribution in [-0.4, -0.2) is 33.8 Å². The van der Waals surface area contributed by atoms with Gasteiger partial charge in [0.2, 0.25) is 0 Å². The molecule has 5 nitrogen and oxygen atoms in total. The monoisotopic (exact) mass is 237 g/mol. The Bertz CT molecular complexity index is 540. The SMILES string of the molecule is C[C@H](C(=O)O)N1C(=O)c2ccc(F)cc2C1=O. The number of aliphatic carboxylic acids is 1. The topological polar surface area (TPSA) is 74.7 Å². The number of benzene rings is 1. The highest BCUT2D eigenvalue weighted by Gasteiger charge is 2.40. The third kappa shape index (κ3) is 1.57. The smallest absolute Gasteiger partial charge is 0.326 e. The zero-order valence-electron chi connectivity index (χ0n) is 8.81. The number of hydrogen-bond acceptors (Lipinski definition) is 3. The summed E-state index contributed by atoms with van der Waals surface area (Å²) in [6.07, 6.45) is 0. The van der Waals surface area contributed by atoms with E-state index in [1.54, 1.807) is 0 Å². The molecule has 88 valence electrons. The first kappa shape index (κ1) is 11.3. The van der Waals surface area contributed by atoms with E-state index < -0.39 is 29.6 Å². The van der Waals surface area contributed by atoms with Crippen molar-refractivity contribution >= 4 is 17.8 Å². The zero-order chi connectivity index (χ0) is 12.7. The molecule has 1 heterocycles. The second kappa shape index (κ2) is 3.65. The molecule has 2 amide bonds. The molecule has 1 atom stereocenters. The van der Waals surface area contributed by atoms with E-state index in [-0.39, 0.29) is 11.1 Å². The van der Waals surface area contributed by atoms with Crippen LogP contribution in [-0.2, 0) is 4.79 Å². The minimum Gasteiger partial charge on any atom is -0.480 e. The summed E-state index contributed by atoms with van der Waals surface area (Å²) in [7, 11) is 0. The van der Waals surface area contributed by atoms with Gasteiger partial charge in [-0.2, -0.15) is 0 Å². The highest BCUT2D eigenvalue weighted by molar-refractivity contribution is 6.22. The Morgan fingerprint density at radius 2 is 1.88 bits per heavy atom. The highest BCUT2D eigenvalue weighted by atomic mass is 19.1. The summed E-state index contributed by atoms with van der Waals surface area (Å²) in [4.78, 5) is 35.0. The predicted molar refractivity (Wildman–Crippen MR) is 54.0 cm³/mol. The number of hydrogen-bond donors (Lipinski definition) is 1. The number of imide groups is 1. The van der Waals surface area contributed by atoms with Crippen LogP contribution < -0.4 is 0 Å². The van der Waals surface area contributed by atoms with Crippen molar-refractivity contribution < 1.29 is 23.9 Å². The molecule has 1 N–H and O–H groups in total. The van der Waals surface area contributed by atoms with Crippen molar-refractivity contribution in [1.29, 1.82) is 0 Å². The summed E-state index contributed by atoms with van der Waals surface area (Å²) in [5.41, 5.74) is -0.0624. The van der Waals surface area contributed by atoms with Gasteiger partial charge in [0.25, 0.3) is 11.8 Å². The number of nitrogens with zero attached hydrogens (tertiary/aromatic N) is 1. The average Bonchev–Trinajstić information content (AvgIpc) is 2.50. The molecule has 0 unspecified atom stereocenters. The Hall–Kier alpha value is -2.24. The molecule has 0 spiro atoms. The number of carbonyl (C=O) groups excluding carboxylic acids is 2. The number of rotatable bonds is 2. The largest absolute Gasteiger partial charge is 0.480 e. The van der Waals surface area contributed by atoms with Crippen molar-refractivity contribution in [2.24, 2.45) is 0 Å². The van der Waals surface area contributed by atoms with E-state index >= 15 is 0 Å². The molecule has 1 aliphatic rings. The summed E-state index contributed by atoms with van der Waals surface area (Å²) < 4.78 is 13.0. The minimum atomic E-state index is -1.29. The fourth-order valence-corrected chi connectivity index (χ4v) is 1.69. The maximum absolute atomic E-state index is 13.0. The van der Waals surface area contributed by atoms with E-state index in [0.717, 1.165) is 12.1 Å². The van der Waals surface area contributed by atoms with Gasteiger partial charge in [-0.05, 0) is 25.1 Å². The standard InChI is InChI=1S/C11H8FNO4/c1-5(11(16)17)13-9(14)7-3-2-6(12)4-8(7)10(13)15/h2-5H,1H3,(H,16,17)/t5-/m1/s1. The van der Waals surface area contributed by atoms with Crippen molar-refractivity contribution in [3.63, 3.8) is 0 Å². The lowest BCUT2D eigenvalue weighted by atomic mass is 10.1. The van der Waals surface area contributed by atoms with Crippen LogP contribution in [0.15, 0.2) is 18.2 Å². The van der Waals surface area contributed by atoms with Gasteiger partial charge in [-0.3, -0.25) is 14.5 Å². The van der Waals surface area contributed by atoms with Crippen LogP contribution in [0.4, 0.5) is 4.39 Å². The zero-order valence-corrected chi connectivity index (χ0v) is 8.81. The fraction of sp³-hybridized carbons (Fsp3) is 0.182. The van der Waals surface area contributed by atoms with Gasteiger partial charge < -0.3 is 5.11 Å². The van der Waals surface area contributed by atoms with Gasteiger partial charge >= 0.3 is 5.97 Å². The van der Waals surface area contributed by atoms with Crippen LogP contribution in [0.25, 0.3) is 0 Å². The Morgan fingerprint density at radius 3 is 2.47 bits per heavy atom. The van der Waals surface area contributed by atoms with Crippen molar-refractivity contribution in [3.8, 4) is 0 Å². The van der Waals surface area contributed by atoms with E-state index in [4.69, 9.17) is 5.11 Å². The first-order chi connectivity index (χ1) is 7.93. The molecule has 0 saturated carbocycles. The van der Waals surface area contributed by atoms with Crippen LogP contribution in [0, 0.1) is 5.82 Å². The van der Waals surface area contributed by atoms with Crippen molar-refractivity contribution in [1.82, 2.24) is 4.90 Å². The van der Waals surface area contributed by atoms with Crippen molar-refractivity contribution in [2.45, 2.75) is 13.0 Å². The molecule has 17 heavy (non-hydrogen) atoms. The predicted octanol–water partition coefficient (Wildman–Crippen LogP) is 0.895. The maximum Gasteiger partial charge on any atom is 0.326 e. The normalized spacial score (nSPS) is 16.0. The van der Waals surface area contributed by atoms with Crippen LogP contribution in [0.3, 0.4) is 0 Å². The maximum atomic E-state index is 13.0. The Kier molecular flexibility index (Phi) is 2.42. The van der Waals surface area contributed by atoms with Crippen LogP contribution in [0.5, 0.6) is 0 Å². The van der Waals surface area contributed by atoms with Crippen LogP contribution >= 0.6 is 0 Å². The quantitative estimate of drug-likeness (QED) is 0.775. The number of amides is 2. The molecule has 0 aromatic heterocycles. The van der Waals surface area contributed by atoms with Crippen molar-refractivity contribution in [3.05, 3.63) is 35.1 Å². The second-order valence-electron chi connectivity index (χ2n) is 3.68. The highest BCUT2D eigenvalue weighted by Crippen LogP contribution is 2.25. The molecule has 2 rings (SSSR count). The Labute approximate surface area is 95.5 Å². The number of carbonyl (C=O) groups is 3. The second-order valence-corrected chi connectivity index (χ2v) is 3.68. The van der Waals surface area contributed by atoms with Gasteiger partial charge in [-0.1, -0.05) is 0 Å². The van der Waals surface area contributed by atoms with Gasteiger partial charge in [0.05, 0.1) is 11.1 Å². The van der Waals surface area contributed by atoms with Gasteiger partial charge in [0, 0.05) is 0 Å². The summed E-state index contributed by atoms with van der Waals surface area (Å²) in [5.74, 6) is -3.42. The minimum absolute atomic E-state index is 0.0319. The molecular formula is C11H8FNO4. The summed E-state index contributed by atoms with van der Waals surface area (Å²) in [6, 6.07) is 1.90. The molecule has 1 aliphatic heterocycles. The van der Waals surface area contributed by atoms with Gasteiger partial charge in [-0.25, -0.2) is 9.18 Å². The molecule has 6 heteroatoms. The molecule has 0 aliphatic carbocycles. The summed E-state index contributed by atoms with van der Waals surface area (Å²) in [5, 5.41) is 8.79. The summed E-state index contributed by atoms with van der Waals surface area (Å²) >= 11 is 0. The average molecular weight is 237 g/mol. The van der Waals surface area contributed by atoms with Gasteiger partial charge in [0.15, 0.2) is 0 Å². The molecule has 1 aromatic carbocycles. The van der Waals surface area contributed by atoms with E-state index in [2.05, 4.69) is 0 Å². The lowest BCUT2D eigenvalue weighted by Crippen LogP contribution is -2.42. The van der Waals surface area contributed by atoms with E-state index in [9.17, 15) is 18.8 Å². The first-order valence-electron chi connectivity index (χ1n) is 4.83. The fourth-order valence-electron chi connectivity index (χ4n) is 1.69. The number of fused-ring (bicyclic) bond motifs is 1. The lowest BCUT2D eigenvalue weighted by molar-refractivity contribution is -0.140. The molecule has 0 fully saturated rings. The first-order valence-corrected chi connectivity index (χ1v) is 4.83. The summed E-state index contributed by atoms with van der Waals surface area (Å²) in [6.45, 7) is 1.22. The van der Waals surface area contributed by atoms with Crippen molar-refractivity contribution in [2.75, 3.05) is 0 Å². The third-order valence-electron chi connectivity index (χ3n) is 2.62. The third-order valence-corrected chi connectivity index (χ3v) is 2.62. The molecule has 0 saturated heterocycles. The number of halogens is 1. The Balaban J connectivity index is 2.49. The molecule has 0 radical (unpaired) electrons. The molecule has 1 aromatic rings. The van der Waals surface area contributed by atoms with Gasteiger partial charge in [-0.15, -0.1) is 0 Å². The molecule has 0 bridgehead atoms. The van der Waals surface area contributed by atoms with E-state index in [1.165, 1.54) is 13.0 Å². The lowest BCUT2D eigenvalue weighted by Gasteiger charge is -2.17.